The van der Waals surface area contributed by atoms with Crippen molar-refractivity contribution >= 4 is 5.69 Å². The summed E-state index contributed by atoms with van der Waals surface area (Å²) in [6.45, 7) is 2.12. The van der Waals surface area contributed by atoms with Gasteiger partial charge < -0.3 is 5.32 Å². The van der Waals surface area contributed by atoms with Crippen LogP contribution >= 0.6 is 0 Å². The number of benzene rings is 1. The van der Waals surface area contributed by atoms with Gasteiger partial charge in [0, 0.05) is 31.1 Å². The van der Waals surface area contributed by atoms with Crippen molar-refractivity contribution in [2.75, 3.05) is 5.32 Å². The number of anilines is 1. The lowest BCUT2D eigenvalue weighted by Gasteiger charge is -2.08. The third-order valence-corrected chi connectivity index (χ3v) is 2.41. The summed E-state index contributed by atoms with van der Waals surface area (Å²) in [6, 6.07) is 3.28. The van der Waals surface area contributed by atoms with Crippen molar-refractivity contribution in [3.63, 3.8) is 0 Å². The summed E-state index contributed by atoms with van der Waals surface area (Å²) in [6.07, 6.45) is 3.29. The van der Waals surface area contributed by atoms with Gasteiger partial charge in [-0.25, -0.2) is 13.2 Å². The summed E-state index contributed by atoms with van der Waals surface area (Å²) in [4.78, 5) is 3.97. The van der Waals surface area contributed by atoms with Crippen molar-refractivity contribution in [1.82, 2.24) is 4.98 Å². The molecule has 1 heterocycles. The normalized spacial score (nSPS) is 10.4. The average Bonchev–Trinajstić information content (AvgIpc) is 2.32. The Kier molecular flexibility index (Phi) is 3.50. The third kappa shape index (κ3) is 2.80. The predicted molar refractivity (Wildman–Crippen MR) is 62.6 cm³/mol. The first-order chi connectivity index (χ1) is 8.56. The number of aromatic nitrogens is 1. The molecule has 0 saturated carbocycles. The van der Waals surface area contributed by atoms with Crippen molar-refractivity contribution in [3.05, 3.63) is 59.2 Å². The van der Waals surface area contributed by atoms with Crippen molar-refractivity contribution in [2.24, 2.45) is 0 Å². The fourth-order valence-electron chi connectivity index (χ4n) is 1.60. The number of pyridine rings is 1. The van der Waals surface area contributed by atoms with Gasteiger partial charge in [-0.1, -0.05) is 6.07 Å². The van der Waals surface area contributed by atoms with E-state index in [-0.39, 0.29) is 12.2 Å². The van der Waals surface area contributed by atoms with Crippen LogP contribution in [0.2, 0.25) is 0 Å². The quantitative estimate of drug-likeness (QED) is 0.847. The van der Waals surface area contributed by atoms with Crippen LogP contribution in [0.5, 0.6) is 0 Å². The van der Waals surface area contributed by atoms with Crippen molar-refractivity contribution in [1.29, 1.82) is 0 Å². The van der Waals surface area contributed by atoms with Gasteiger partial charge in [0.2, 0.25) is 0 Å². The van der Waals surface area contributed by atoms with E-state index in [1.165, 1.54) is 0 Å². The van der Waals surface area contributed by atoms with Crippen molar-refractivity contribution in [3.8, 4) is 0 Å². The van der Waals surface area contributed by atoms with Gasteiger partial charge in [0.15, 0.2) is 11.6 Å². The Labute approximate surface area is 102 Å². The summed E-state index contributed by atoms with van der Waals surface area (Å²) >= 11 is 0. The standard InChI is InChI=1S/C13H11F3N2/c1-8-2-9(6-17-5-8)7-18-12-4-10(14)3-11(15)13(12)16/h2-6,18H,7H2,1H3. The molecule has 0 radical (unpaired) electrons. The second-order valence-electron chi connectivity index (χ2n) is 3.97. The van der Waals surface area contributed by atoms with Gasteiger partial charge in [0.25, 0.3) is 0 Å². The zero-order chi connectivity index (χ0) is 13.1. The summed E-state index contributed by atoms with van der Waals surface area (Å²) in [7, 11) is 0. The van der Waals surface area contributed by atoms with E-state index >= 15 is 0 Å². The Hall–Kier alpha value is -2.04. The van der Waals surface area contributed by atoms with E-state index in [1.54, 1.807) is 12.4 Å². The van der Waals surface area contributed by atoms with Gasteiger partial charge >= 0.3 is 0 Å². The highest BCUT2D eigenvalue weighted by Crippen LogP contribution is 2.19. The molecule has 1 N–H and O–H groups in total. The van der Waals surface area contributed by atoms with Gasteiger partial charge in [0.1, 0.15) is 5.82 Å². The Bertz CT molecular complexity index is 570. The molecule has 5 heteroatoms. The average molecular weight is 252 g/mol. The van der Waals surface area contributed by atoms with Gasteiger partial charge in [-0.05, 0) is 18.1 Å². The van der Waals surface area contributed by atoms with Crippen LogP contribution < -0.4 is 5.32 Å². The Morgan fingerprint density at radius 1 is 1.11 bits per heavy atom. The van der Waals surface area contributed by atoms with E-state index in [4.69, 9.17) is 0 Å². The monoisotopic (exact) mass is 252 g/mol. The van der Waals surface area contributed by atoms with E-state index in [9.17, 15) is 13.2 Å². The number of hydrogen-bond acceptors (Lipinski definition) is 2. The molecular weight excluding hydrogens is 241 g/mol. The molecule has 0 aliphatic carbocycles. The van der Waals surface area contributed by atoms with Crippen LogP contribution in [-0.4, -0.2) is 4.98 Å². The number of rotatable bonds is 3. The number of aryl methyl sites for hydroxylation is 1. The molecule has 0 unspecified atom stereocenters. The zero-order valence-corrected chi connectivity index (χ0v) is 9.67. The molecule has 1 aromatic carbocycles. The van der Waals surface area contributed by atoms with E-state index in [2.05, 4.69) is 10.3 Å². The summed E-state index contributed by atoms with van der Waals surface area (Å²) in [5, 5.41) is 2.64. The molecule has 1 aromatic heterocycles. The second kappa shape index (κ2) is 5.08. The predicted octanol–water partition coefficient (Wildman–Crippen LogP) is 3.42. The number of hydrogen-bond donors (Lipinski definition) is 1. The third-order valence-electron chi connectivity index (χ3n) is 2.41. The lowest BCUT2D eigenvalue weighted by atomic mass is 10.2. The maximum Gasteiger partial charge on any atom is 0.182 e. The fraction of sp³-hybridized carbons (Fsp3) is 0.154. The molecule has 0 aliphatic heterocycles. The Morgan fingerprint density at radius 2 is 1.89 bits per heavy atom. The summed E-state index contributed by atoms with van der Waals surface area (Å²) < 4.78 is 39.2. The minimum Gasteiger partial charge on any atom is -0.378 e. The molecule has 2 rings (SSSR count). The van der Waals surface area contributed by atoms with Gasteiger partial charge in [-0.2, -0.15) is 0 Å². The van der Waals surface area contributed by atoms with Gasteiger partial charge in [-0.3, -0.25) is 4.98 Å². The zero-order valence-electron chi connectivity index (χ0n) is 9.67. The fourth-order valence-corrected chi connectivity index (χ4v) is 1.60. The molecule has 18 heavy (non-hydrogen) atoms. The first-order valence-corrected chi connectivity index (χ1v) is 5.35. The smallest absolute Gasteiger partial charge is 0.182 e. The van der Waals surface area contributed by atoms with E-state index < -0.39 is 17.5 Å². The molecule has 2 nitrogen and oxygen atoms in total. The van der Waals surface area contributed by atoms with Crippen molar-refractivity contribution < 1.29 is 13.2 Å². The maximum absolute atomic E-state index is 13.3. The lowest BCUT2D eigenvalue weighted by Crippen LogP contribution is -2.04. The minimum atomic E-state index is -1.21. The van der Waals surface area contributed by atoms with Crippen LogP contribution in [0.15, 0.2) is 30.6 Å². The molecule has 0 spiro atoms. The number of nitrogens with zero attached hydrogens (tertiary/aromatic N) is 1. The number of nitrogens with one attached hydrogen (secondary N) is 1. The molecule has 0 saturated heterocycles. The van der Waals surface area contributed by atoms with E-state index in [1.807, 2.05) is 13.0 Å². The van der Waals surface area contributed by atoms with Crippen LogP contribution in [0.4, 0.5) is 18.9 Å². The molecule has 0 fully saturated rings. The molecule has 0 bridgehead atoms. The second-order valence-corrected chi connectivity index (χ2v) is 3.97. The Morgan fingerprint density at radius 3 is 2.61 bits per heavy atom. The van der Waals surface area contributed by atoms with Crippen LogP contribution in [0.1, 0.15) is 11.1 Å². The van der Waals surface area contributed by atoms with E-state index in [0.717, 1.165) is 17.2 Å². The summed E-state index contributed by atoms with van der Waals surface area (Å²) in [5.41, 5.74) is 1.56. The highest BCUT2D eigenvalue weighted by molar-refractivity contribution is 5.46. The SMILES string of the molecule is Cc1cncc(CNc2cc(F)cc(F)c2F)c1. The highest BCUT2D eigenvalue weighted by atomic mass is 19.2. The largest absolute Gasteiger partial charge is 0.378 e. The molecular formula is C13H11F3N2. The van der Waals surface area contributed by atoms with Crippen molar-refractivity contribution in [2.45, 2.75) is 13.5 Å². The van der Waals surface area contributed by atoms with E-state index in [0.29, 0.717) is 6.07 Å². The first kappa shape index (κ1) is 12.4. The van der Waals surface area contributed by atoms with Crippen LogP contribution in [0.3, 0.4) is 0 Å². The Balaban J connectivity index is 2.15. The van der Waals surface area contributed by atoms with Crippen LogP contribution in [0, 0.1) is 24.4 Å². The van der Waals surface area contributed by atoms with Crippen LogP contribution in [-0.2, 0) is 6.54 Å². The number of halogens is 3. The molecule has 2 aromatic rings. The topological polar surface area (TPSA) is 24.9 Å². The first-order valence-electron chi connectivity index (χ1n) is 5.35. The van der Waals surface area contributed by atoms with Gasteiger partial charge in [0.05, 0.1) is 5.69 Å². The molecule has 0 atom stereocenters. The highest BCUT2D eigenvalue weighted by Gasteiger charge is 2.10. The molecule has 0 aliphatic rings. The minimum absolute atomic E-state index is 0.200. The van der Waals surface area contributed by atoms with Crippen LogP contribution in [0.25, 0.3) is 0 Å². The van der Waals surface area contributed by atoms with Gasteiger partial charge in [-0.15, -0.1) is 0 Å². The maximum atomic E-state index is 13.3. The molecule has 94 valence electrons. The lowest BCUT2D eigenvalue weighted by molar-refractivity contribution is 0.497. The molecule has 0 amide bonds. The summed E-state index contributed by atoms with van der Waals surface area (Å²) in [5.74, 6) is -3.12.